The minimum atomic E-state index is -2.32. The molecule has 0 heterocycles. The molecule has 16 nitrogen and oxygen atoms in total. The molecule has 334 valence electrons. The summed E-state index contributed by atoms with van der Waals surface area (Å²) in [6.45, 7) is 10.6. The van der Waals surface area contributed by atoms with Crippen LogP contribution in [0.25, 0.3) is 0 Å². The van der Waals surface area contributed by atoms with Gasteiger partial charge in [-0.05, 0) is 64.7 Å². The van der Waals surface area contributed by atoms with Crippen LogP contribution in [0.3, 0.4) is 0 Å². The third-order valence-corrected chi connectivity index (χ3v) is 9.12. The zero-order chi connectivity index (χ0) is 45.3. The van der Waals surface area contributed by atoms with Gasteiger partial charge in [-0.25, -0.2) is 4.79 Å². The van der Waals surface area contributed by atoms with Crippen LogP contribution in [0.2, 0.25) is 0 Å². The van der Waals surface area contributed by atoms with Crippen molar-refractivity contribution in [3.63, 3.8) is 0 Å². The van der Waals surface area contributed by atoms with E-state index in [0.29, 0.717) is 23.1 Å². The molecule has 0 aliphatic rings. The zero-order valence-corrected chi connectivity index (χ0v) is 35.9. The minimum Gasteiger partial charge on any atom is -0.452 e. The molecule has 7 atom stereocenters. The molecule has 0 saturated heterocycles. The largest absolute Gasteiger partial charge is 0.452 e. The summed E-state index contributed by atoms with van der Waals surface area (Å²) >= 11 is 0. The van der Waals surface area contributed by atoms with Gasteiger partial charge in [0.15, 0.2) is 12.2 Å². The summed E-state index contributed by atoms with van der Waals surface area (Å²) in [5.74, 6) is -3.57. The fourth-order valence-electron chi connectivity index (χ4n) is 6.02. The Labute approximate surface area is 357 Å². The van der Waals surface area contributed by atoms with E-state index in [9.17, 15) is 44.4 Å². The molecule has 4 amide bonds. The van der Waals surface area contributed by atoms with E-state index in [1.54, 1.807) is 78.8 Å². The number of carbonyl (C=O) groups excluding carboxylic acids is 5. The fourth-order valence-corrected chi connectivity index (χ4v) is 6.02. The van der Waals surface area contributed by atoms with E-state index in [0.717, 1.165) is 0 Å². The molecular formula is C45H62N4O12. The molecule has 61 heavy (non-hydrogen) atoms. The van der Waals surface area contributed by atoms with Gasteiger partial charge >= 0.3 is 12.1 Å². The number of amides is 4. The number of aliphatic hydroxyl groups is 4. The molecule has 0 aliphatic heterocycles. The van der Waals surface area contributed by atoms with Gasteiger partial charge in [0.25, 0.3) is 5.91 Å². The normalized spacial score (nSPS) is 15.2. The van der Waals surface area contributed by atoms with Gasteiger partial charge in [-0.15, -0.1) is 0 Å². The summed E-state index contributed by atoms with van der Waals surface area (Å²) in [6.07, 6.45) is -8.05. The summed E-state index contributed by atoms with van der Waals surface area (Å²) < 4.78 is 17.0. The van der Waals surface area contributed by atoms with Gasteiger partial charge in [0.05, 0.1) is 37.3 Å². The van der Waals surface area contributed by atoms with Crippen molar-refractivity contribution in [2.24, 2.45) is 0 Å². The molecule has 0 aromatic heterocycles. The molecule has 3 aromatic rings. The number of hydrogen-bond donors (Lipinski definition) is 8. The Hall–Kier alpha value is -5.39. The maximum absolute atomic E-state index is 13.6. The Morgan fingerprint density at radius 2 is 1.13 bits per heavy atom. The first-order valence-corrected chi connectivity index (χ1v) is 20.3. The number of carbonyl (C=O) groups is 5. The third-order valence-electron chi connectivity index (χ3n) is 9.12. The van der Waals surface area contributed by atoms with Crippen LogP contribution in [0, 0.1) is 0 Å². The summed E-state index contributed by atoms with van der Waals surface area (Å²) in [6, 6.07) is 21.3. The Morgan fingerprint density at radius 1 is 0.623 bits per heavy atom. The van der Waals surface area contributed by atoms with Crippen molar-refractivity contribution in [3.05, 3.63) is 108 Å². The van der Waals surface area contributed by atoms with Gasteiger partial charge in [-0.2, -0.15) is 0 Å². The van der Waals surface area contributed by atoms with Crippen molar-refractivity contribution < 1.29 is 58.6 Å². The van der Waals surface area contributed by atoms with Crippen LogP contribution < -0.4 is 21.3 Å². The van der Waals surface area contributed by atoms with Gasteiger partial charge in [-0.1, -0.05) is 104 Å². The zero-order valence-electron chi connectivity index (χ0n) is 35.9. The van der Waals surface area contributed by atoms with Crippen LogP contribution in [0.15, 0.2) is 91.0 Å². The molecule has 0 fully saturated rings. The van der Waals surface area contributed by atoms with Crippen LogP contribution >= 0.6 is 0 Å². The molecule has 0 bridgehead atoms. The van der Waals surface area contributed by atoms with Crippen molar-refractivity contribution in [2.45, 2.75) is 128 Å². The molecule has 8 N–H and O–H groups in total. The lowest BCUT2D eigenvalue weighted by Gasteiger charge is -2.31. The average Bonchev–Trinajstić information content (AvgIpc) is 3.21. The van der Waals surface area contributed by atoms with Gasteiger partial charge in [0.1, 0.15) is 29.9 Å². The molecule has 0 saturated carbocycles. The van der Waals surface area contributed by atoms with E-state index in [2.05, 4.69) is 21.3 Å². The number of rotatable bonds is 21. The van der Waals surface area contributed by atoms with E-state index in [-0.39, 0.29) is 19.4 Å². The summed E-state index contributed by atoms with van der Waals surface area (Å²) in [4.78, 5) is 66.6. The number of nitrogens with one attached hydrogen (secondary N) is 4. The molecular weight excluding hydrogens is 789 g/mol. The lowest BCUT2D eigenvalue weighted by atomic mass is 9.98. The van der Waals surface area contributed by atoms with Gasteiger partial charge in [-0.3, -0.25) is 19.2 Å². The second-order valence-corrected chi connectivity index (χ2v) is 16.6. The topological polar surface area (TPSA) is 242 Å². The highest BCUT2D eigenvalue weighted by Gasteiger charge is 2.38. The SMILES string of the molecule is CCC[C@H](NC(=O)OC(C)(C)C)C(=O)N[C@@H](COC(C)(C)C)C(=O)N[C@@H](CO)[C@@H](O)[C@@H](O)[C@H](O)C(=O)N[C@@H](CC(=O)OC(c1ccccc1)c1ccccc1)c1ccccc1. The van der Waals surface area contributed by atoms with E-state index < -0.39 is 96.2 Å². The quantitative estimate of drug-likeness (QED) is 0.0722. The van der Waals surface area contributed by atoms with Crippen LogP contribution in [-0.2, 0) is 33.4 Å². The maximum atomic E-state index is 13.6. The van der Waals surface area contributed by atoms with E-state index >= 15 is 0 Å². The third kappa shape index (κ3) is 16.9. The Bertz CT molecular complexity index is 1800. The van der Waals surface area contributed by atoms with Gasteiger partial charge < -0.3 is 55.9 Å². The molecule has 0 unspecified atom stereocenters. The Balaban J connectivity index is 1.75. The minimum absolute atomic E-state index is 0.192. The number of esters is 1. The highest BCUT2D eigenvalue weighted by molar-refractivity contribution is 5.91. The Morgan fingerprint density at radius 3 is 1.61 bits per heavy atom. The summed E-state index contributed by atoms with van der Waals surface area (Å²) in [5.41, 5.74) is 0.286. The predicted octanol–water partition coefficient (Wildman–Crippen LogP) is 3.12. The Kier molecular flexibility index (Phi) is 19.3. The molecule has 3 rings (SSSR count). The molecule has 0 spiro atoms. The molecule has 16 heteroatoms. The highest BCUT2D eigenvalue weighted by atomic mass is 16.6. The van der Waals surface area contributed by atoms with Crippen LogP contribution in [-0.4, -0.2) is 111 Å². The van der Waals surface area contributed by atoms with E-state index in [1.165, 1.54) is 0 Å². The van der Waals surface area contributed by atoms with Crippen LogP contribution in [0.1, 0.15) is 96.6 Å². The first-order chi connectivity index (χ1) is 28.7. The van der Waals surface area contributed by atoms with Crippen molar-refractivity contribution >= 4 is 29.8 Å². The average molecular weight is 851 g/mol. The smallest absolute Gasteiger partial charge is 0.408 e. The van der Waals surface area contributed by atoms with E-state index in [1.807, 2.05) is 60.7 Å². The fraction of sp³-hybridized carbons (Fsp3) is 0.489. The molecule has 0 aliphatic carbocycles. The van der Waals surface area contributed by atoms with Crippen molar-refractivity contribution in [2.75, 3.05) is 13.2 Å². The summed E-state index contributed by atoms with van der Waals surface area (Å²) in [5, 5.41) is 53.3. The number of hydrogen-bond acceptors (Lipinski definition) is 12. The van der Waals surface area contributed by atoms with Gasteiger partial charge in [0.2, 0.25) is 11.8 Å². The number of aliphatic hydroxyl groups excluding tert-OH is 4. The second kappa shape index (κ2) is 23.6. The van der Waals surface area contributed by atoms with Crippen LogP contribution in [0.4, 0.5) is 4.79 Å². The standard InChI is InChI=1S/C45H62N4O12/c1-8-18-31(49-43(58)61-45(5,6)7)40(55)48-34(27-59-44(2,3)4)41(56)47-33(26-50)36(52)37(53)38(54)42(57)46-32(28-19-12-9-13-20-28)25-35(51)60-39(29-21-14-10-15-22-29)30-23-16-11-17-24-30/h9-17,19-24,31-34,36-39,50,52-54H,8,18,25-27H2,1-7H3,(H,46,57)(H,47,56)(H,48,55)(H,49,58)/t31-,32-,33-,34-,36+,37+,38-/m0/s1. The van der Waals surface area contributed by atoms with Crippen LogP contribution in [0.5, 0.6) is 0 Å². The number of ether oxygens (including phenoxy) is 3. The van der Waals surface area contributed by atoms with Crippen molar-refractivity contribution in [1.82, 2.24) is 21.3 Å². The maximum Gasteiger partial charge on any atom is 0.408 e. The monoisotopic (exact) mass is 850 g/mol. The lowest BCUT2D eigenvalue weighted by Crippen LogP contribution is -2.61. The molecule has 0 radical (unpaired) electrons. The van der Waals surface area contributed by atoms with E-state index in [4.69, 9.17) is 14.2 Å². The molecule has 3 aromatic carbocycles. The highest BCUT2D eigenvalue weighted by Crippen LogP contribution is 2.28. The second-order valence-electron chi connectivity index (χ2n) is 16.6. The van der Waals surface area contributed by atoms with Gasteiger partial charge in [0, 0.05) is 0 Å². The summed E-state index contributed by atoms with van der Waals surface area (Å²) in [7, 11) is 0. The first kappa shape index (κ1) is 50.0. The first-order valence-electron chi connectivity index (χ1n) is 20.3. The number of alkyl carbamates (subject to hydrolysis) is 1. The van der Waals surface area contributed by atoms with Crippen molar-refractivity contribution in [1.29, 1.82) is 0 Å². The van der Waals surface area contributed by atoms with Crippen molar-refractivity contribution in [3.8, 4) is 0 Å². The number of benzene rings is 3. The lowest BCUT2D eigenvalue weighted by molar-refractivity contribution is -0.149. The predicted molar refractivity (Wildman–Crippen MR) is 225 cm³/mol.